The number of aromatic nitrogens is 4. The number of benzene rings is 1. The Morgan fingerprint density at radius 2 is 1.79 bits per heavy atom. The second kappa shape index (κ2) is 9.19. The first-order valence-electron chi connectivity index (χ1n) is 11.7. The standard InChI is InChI=1S/C25H28Cl2N6O/c1-15(2)24-29-16(3)12-22(30-24)31-8-10-32(11-9-31)25(34)19-14-28-33(23(19)17-4-5-17)21-7-6-18(26)13-20(21)27/h6-7,12-15,17H,4-5,8-11H2,1-3H3. The largest absolute Gasteiger partial charge is 0.353 e. The summed E-state index contributed by atoms with van der Waals surface area (Å²) in [6.07, 6.45) is 3.79. The smallest absolute Gasteiger partial charge is 0.257 e. The molecular formula is C25H28Cl2N6O. The van der Waals surface area contributed by atoms with E-state index in [1.54, 1.807) is 18.3 Å². The highest BCUT2D eigenvalue weighted by molar-refractivity contribution is 6.35. The Morgan fingerprint density at radius 3 is 2.44 bits per heavy atom. The lowest BCUT2D eigenvalue weighted by Gasteiger charge is -2.35. The molecule has 0 unspecified atom stereocenters. The number of anilines is 1. The summed E-state index contributed by atoms with van der Waals surface area (Å²) >= 11 is 12.5. The third kappa shape index (κ3) is 4.51. The van der Waals surface area contributed by atoms with Gasteiger partial charge >= 0.3 is 0 Å². The van der Waals surface area contributed by atoms with Gasteiger partial charge in [0.15, 0.2) is 0 Å². The van der Waals surface area contributed by atoms with E-state index in [0.29, 0.717) is 34.6 Å². The van der Waals surface area contributed by atoms with Crippen LogP contribution in [0.15, 0.2) is 30.5 Å². The van der Waals surface area contributed by atoms with E-state index in [9.17, 15) is 4.79 Å². The van der Waals surface area contributed by atoms with Crippen molar-refractivity contribution < 1.29 is 4.79 Å². The van der Waals surface area contributed by atoms with Crippen LogP contribution in [0.4, 0.5) is 5.82 Å². The van der Waals surface area contributed by atoms with E-state index in [-0.39, 0.29) is 11.8 Å². The maximum absolute atomic E-state index is 13.6. The van der Waals surface area contributed by atoms with E-state index >= 15 is 0 Å². The van der Waals surface area contributed by atoms with Gasteiger partial charge in [-0.05, 0) is 38.0 Å². The Morgan fingerprint density at radius 1 is 1.06 bits per heavy atom. The molecule has 2 aromatic heterocycles. The quantitative estimate of drug-likeness (QED) is 0.480. The molecular weight excluding hydrogens is 471 g/mol. The summed E-state index contributed by atoms with van der Waals surface area (Å²) in [6, 6.07) is 7.37. The maximum Gasteiger partial charge on any atom is 0.257 e. The molecule has 0 atom stereocenters. The minimum Gasteiger partial charge on any atom is -0.353 e. The van der Waals surface area contributed by atoms with Gasteiger partial charge in [-0.1, -0.05) is 37.0 Å². The van der Waals surface area contributed by atoms with Crippen molar-refractivity contribution in [3.05, 3.63) is 63.3 Å². The molecule has 2 aliphatic rings. The van der Waals surface area contributed by atoms with Crippen LogP contribution in [0.2, 0.25) is 10.0 Å². The Bertz CT molecular complexity index is 1230. The van der Waals surface area contributed by atoms with Crippen molar-refractivity contribution in [2.45, 2.75) is 45.4 Å². The maximum atomic E-state index is 13.6. The first-order chi connectivity index (χ1) is 16.3. The van der Waals surface area contributed by atoms with E-state index in [1.165, 1.54) is 0 Å². The summed E-state index contributed by atoms with van der Waals surface area (Å²) in [5.74, 6) is 2.42. The van der Waals surface area contributed by atoms with Crippen molar-refractivity contribution in [1.82, 2.24) is 24.6 Å². The van der Waals surface area contributed by atoms with Crippen LogP contribution in [0.5, 0.6) is 0 Å². The highest BCUT2D eigenvalue weighted by atomic mass is 35.5. The summed E-state index contributed by atoms with van der Waals surface area (Å²) in [5, 5.41) is 5.66. The predicted octanol–water partition coefficient (Wildman–Crippen LogP) is 5.24. The SMILES string of the molecule is Cc1cc(N2CCN(C(=O)c3cnn(-c4ccc(Cl)cc4Cl)c3C3CC3)CC2)nc(C(C)C)n1. The van der Waals surface area contributed by atoms with Crippen molar-refractivity contribution in [2.24, 2.45) is 0 Å². The molecule has 34 heavy (non-hydrogen) atoms. The second-order valence-electron chi connectivity index (χ2n) is 9.38. The van der Waals surface area contributed by atoms with E-state index in [1.807, 2.05) is 28.6 Å². The molecule has 1 aliphatic carbocycles. The number of amides is 1. The zero-order valence-corrected chi connectivity index (χ0v) is 21.1. The Balaban J connectivity index is 1.35. The lowest BCUT2D eigenvalue weighted by molar-refractivity contribution is 0.0745. The number of nitrogens with zero attached hydrogens (tertiary/aromatic N) is 6. The first-order valence-corrected chi connectivity index (χ1v) is 12.5. The molecule has 0 radical (unpaired) electrons. The molecule has 178 valence electrons. The molecule has 3 heterocycles. The van der Waals surface area contributed by atoms with Crippen molar-refractivity contribution in [3.63, 3.8) is 0 Å². The molecule has 7 nitrogen and oxygen atoms in total. The lowest BCUT2D eigenvalue weighted by Crippen LogP contribution is -2.49. The number of aryl methyl sites for hydroxylation is 1. The zero-order valence-electron chi connectivity index (χ0n) is 19.6. The van der Waals surface area contributed by atoms with E-state index < -0.39 is 0 Å². The van der Waals surface area contributed by atoms with Crippen LogP contribution in [-0.2, 0) is 0 Å². The number of halogens is 2. The van der Waals surface area contributed by atoms with Gasteiger partial charge in [-0.25, -0.2) is 14.6 Å². The van der Waals surface area contributed by atoms with Crippen LogP contribution in [0.3, 0.4) is 0 Å². The molecule has 9 heteroatoms. The van der Waals surface area contributed by atoms with Crippen LogP contribution in [0.1, 0.15) is 66.1 Å². The molecule has 3 aromatic rings. The normalized spacial score (nSPS) is 16.4. The van der Waals surface area contributed by atoms with Gasteiger partial charge in [0, 0.05) is 54.8 Å². The number of rotatable bonds is 5. The molecule has 1 saturated carbocycles. The summed E-state index contributed by atoms with van der Waals surface area (Å²) in [6.45, 7) is 8.94. The van der Waals surface area contributed by atoms with Crippen LogP contribution in [0, 0.1) is 6.92 Å². The van der Waals surface area contributed by atoms with Crippen molar-refractivity contribution in [1.29, 1.82) is 0 Å². The van der Waals surface area contributed by atoms with Crippen molar-refractivity contribution in [3.8, 4) is 5.69 Å². The number of carbonyl (C=O) groups is 1. The monoisotopic (exact) mass is 498 g/mol. The molecule has 1 aliphatic heterocycles. The summed E-state index contributed by atoms with van der Waals surface area (Å²) in [4.78, 5) is 27.0. The van der Waals surface area contributed by atoms with Gasteiger partial charge in [-0.15, -0.1) is 0 Å². The Labute approximate surface area is 209 Å². The fourth-order valence-electron chi connectivity index (χ4n) is 4.42. The van der Waals surface area contributed by atoms with Gasteiger partial charge in [-0.3, -0.25) is 4.79 Å². The number of carbonyl (C=O) groups excluding carboxylic acids is 1. The average Bonchev–Trinajstić information content (AvgIpc) is 3.56. The molecule has 5 rings (SSSR count). The van der Waals surface area contributed by atoms with Gasteiger partial charge in [0.05, 0.1) is 28.2 Å². The topological polar surface area (TPSA) is 67.2 Å². The highest BCUT2D eigenvalue weighted by Gasteiger charge is 2.35. The van der Waals surface area contributed by atoms with Crippen LogP contribution in [0.25, 0.3) is 5.69 Å². The second-order valence-corrected chi connectivity index (χ2v) is 10.2. The third-order valence-corrected chi connectivity index (χ3v) is 6.94. The minimum atomic E-state index is 0.0274. The van der Waals surface area contributed by atoms with Crippen LogP contribution >= 0.6 is 23.2 Å². The van der Waals surface area contributed by atoms with E-state index in [0.717, 1.165) is 54.6 Å². The third-order valence-electron chi connectivity index (χ3n) is 6.40. The number of piperazine rings is 1. The average molecular weight is 499 g/mol. The fourth-order valence-corrected chi connectivity index (χ4v) is 4.91. The Hall–Kier alpha value is -2.64. The van der Waals surface area contributed by atoms with Gasteiger partial charge < -0.3 is 9.80 Å². The summed E-state index contributed by atoms with van der Waals surface area (Å²) < 4.78 is 1.82. The van der Waals surface area contributed by atoms with Crippen LogP contribution < -0.4 is 4.90 Å². The van der Waals surface area contributed by atoms with Gasteiger partial charge in [0.2, 0.25) is 0 Å². The summed E-state index contributed by atoms with van der Waals surface area (Å²) in [5.41, 5.74) is 3.33. The molecule has 0 bridgehead atoms. The van der Waals surface area contributed by atoms with E-state index in [4.69, 9.17) is 28.2 Å². The Kier molecular flexibility index (Phi) is 6.25. The van der Waals surface area contributed by atoms with Gasteiger partial charge in [0.1, 0.15) is 11.6 Å². The molecule has 1 amide bonds. The minimum absolute atomic E-state index is 0.0274. The van der Waals surface area contributed by atoms with E-state index in [2.05, 4.69) is 28.8 Å². The molecule has 0 spiro atoms. The lowest BCUT2D eigenvalue weighted by atomic mass is 10.1. The number of hydrogen-bond acceptors (Lipinski definition) is 5. The van der Waals surface area contributed by atoms with Crippen LogP contribution in [-0.4, -0.2) is 56.7 Å². The zero-order chi connectivity index (χ0) is 24.0. The molecule has 2 fully saturated rings. The van der Waals surface area contributed by atoms with Gasteiger partial charge in [0.25, 0.3) is 5.91 Å². The highest BCUT2D eigenvalue weighted by Crippen LogP contribution is 2.43. The first kappa shape index (κ1) is 23.1. The van der Waals surface area contributed by atoms with Gasteiger partial charge in [-0.2, -0.15) is 5.10 Å². The van der Waals surface area contributed by atoms with Crippen molar-refractivity contribution in [2.75, 3.05) is 31.1 Å². The summed E-state index contributed by atoms with van der Waals surface area (Å²) in [7, 11) is 0. The fraction of sp³-hybridized carbons (Fsp3) is 0.440. The predicted molar refractivity (Wildman–Crippen MR) is 135 cm³/mol. The molecule has 1 saturated heterocycles. The molecule has 0 N–H and O–H groups in total. The number of hydrogen-bond donors (Lipinski definition) is 0. The van der Waals surface area contributed by atoms with Crippen molar-refractivity contribution >= 4 is 34.9 Å². The molecule has 1 aromatic carbocycles.